The zero-order chi connectivity index (χ0) is 23.2. The highest BCUT2D eigenvalue weighted by atomic mass is 16.5. The van der Waals surface area contributed by atoms with Gasteiger partial charge in [0, 0.05) is 35.4 Å². The number of rotatable bonds is 0. The van der Waals surface area contributed by atoms with Crippen molar-refractivity contribution in [2.45, 2.75) is 75.6 Å². The van der Waals surface area contributed by atoms with Gasteiger partial charge in [-0.1, -0.05) is 13.8 Å². The van der Waals surface area contributed by atoms with E-state index in [1.807, 2.05) is 43.0 Å². The summed E-state index contributed by atoms with van der Waals surface area (Å²) in [6, 6.07) is 3.72. The maximum Gasteiger partial charge on any atom is 0.249 e. The van der Waals surface area contributed by atoms with E-state index in [2.05, 4.69) is 24.5 Å². The van der Waals surface area contributed by atoms with Crippen LogP contribution in [0, 0.1) is 11.3 Å². The first kappa shape index (κ1) is 19.6. The number of amides is 2. The van der Waals surface area contributed by atoms with E-state index in [9.17, 15) is 14.4 Å². The van der Waals surface area contributed by atoms with Crippen LogP contribution in [0.15, 0.2) is 18.2 Å². The van der Waals surface area contributed by atoms with Crippen molar-refractivity contribution in [1.29, 1.82) is 0 Å². The number of piperidine rings is 2. The summed E-state index contributed by atoms with van der Waals surface area (Å²) in [6.07, 6.45) is 6.48. The third kappa shape index (κ3) is 1.91. The number of ketones is 1. The van der Waals surface area contributed by atoms with Crippen LogP contribution in [0.25, 0.3) is 6.08 Å². The zero-order valence-electron chi connectivity index (χ0n) is 19.5. The quantitative estimate of drug-likeness (QED) is 0.639. The Morgan fingerprint density at radius 3 is 2.67 bits per heavy atom. The number of Topliss-reactive ketones (excluding diaryl/α,β-unsaturated/α-hetero) is 1. The molecule has 1 aliphatic carbocycles. The molecule has 4 atom stereocenters. The van der Waals surface area contributed by atoms with Gasteiger partial charge in [-0.05, 0) is 57.4 Å². The molecule has 0 unspecified atom stereocenters. The third-order valence-corrected chi connectivity index (χ3v) is 9.73. The number of ether oxygens (including phenoxy) is 1. The Hall–Kier alpha value is -2.83. The number of nitrogens with zero attached hydrogens (tertiary/aromatic N) is 1. The van der Waals surface area contributed by atoms with Crippen LogP contribution < -0.4 is 15.4 Å². The van der Waals surface area contributed by atoms with E-state index in [4.69, 9.17) is 4.74 Å². The average molecular weight is 448 g/mol. The fraction of sp³-hybridized carbons (Fsp3) is 0.577. The summed E-state index contributed by atoms with van der Waals surface area (Å²) in [7, 11) is 0. The summed E-state index contributed by atoms with van der Waals surface area (Å²) >= 11 is 0. The van der Waals surface area contributed by atoms with E-state index < -0.39 is 27.6 Å². The summed E-state index contributed by atoms with van der Waals surface area (Å²) in [5.74, 6) is 0.600. The lowest BCUT2D eigenvalue weighted by Gasteiger charge is -2.58. The van der Waals surface area contributed by atoms with Gasteiger partial charge in [0.15, 0.2) is 5.78 Å². The minimum absolute atomic E-state index is 0.00152. The first-order valence-corrected chi connectivity index (χ1v) is 12.0. The topological polar surface area (TPSA) is 87.7 Å². The Labute approximate surface area is 192 Å². The maximum atomic E-state index is 14.1. The molecule has 4 saturated heterocycles. The largest absolute Gasteiger partial charge is 0.483 e. The van der Waals surface area contributed by atoms with E-state index in [-0.39, 0.29) is 29.9 Å². The number of carbonyl (C=O) groups is 3. The van der Waals surface area contributed by atoms with Gasteiger partial charge in [0.1, 0.15) is 28.0 Å². The molecular formula is C26H29N3O4. The number of piperazine rings is 1. The fourth-order valence-corrected chi connectivity index (χ4v) is 7.99. The predicted octanol–water partition coefficient (Wildman–Crippen LogP) is 2.90. The molecule has 6 aliphatic heterocycles. The minimum atomic E-state index is -1.04. The lowest BCUT2D eigenvalue weighted by Crippen LogP contribution is -2.81. The molecule has 1 aromatic carbocycles. The molecule has 2 N–H and O–H groups in total. The first-order valence-electron chi connectivity index (χ1n) is 12.0. The zero-order valence-corrected chi connectivity index (χ0v) is 19.5. The lowest BCUT2D eigenvalue weighted by atomic mass is 9.59. The molecule has 7 nitrogen and oxygen atoms in total. The van der Waals surface area contributed by atoms with E-state index in [0.717, 1.165) is 23.4 Å². The van der Waals surface area contributed by atoms with E-state index >= 15 is 0 Å². The van der Waals surface area contributed by atoms with Crippen molar-refractivity contribution in [3.05, 3.63) is 29.3 Å². The van der Waals surface area contributed by atoms with Crippen LogP contribution in [-0.2, 0) is 9.59 Å². The van der Waals surface area contributed by atoms with Crippen LogP contribution in [0.4, 0.5) is 5.69 Å². The molecule has 33 heavy (non-hydrogen) atoms. The SMILES string of the molecule is CC1(C)C=Cc2c(ccc3c2N[C@]2(C[C@@]45NC(=O)[C@]6(CCCN6C4=O)C[C@H]5C2(C)C)C3=O)O1. The van der Waals surface area contributed by atoms with Crippen molar-refractivity contribution in [2.24, 2.45) is 11.3 Å². The van der Waals surface area contributed by atoms with Crippen LogP contribution in [0.1, 0.15) is 69.3 Å². The van der Waals surface area contributed by atoms with Gasteiger partial charge in [-0.3, -0.25) is 14.4 Å². The van der Waals surface area contributed by atoms with Crippen molar-refractivity contribution in [3.8, 4) is 5.75 Å². The highest BCUT2D eigenvalue weighted by molar-refractivity contribution is 6.17. The number of anilines is 1. The molecule has 1 aromatic rings. The molecule has 0 aromatic heterocycles. The molecule has 1 saturated carbocycles. The average Bonchev–Trinajstić information content (AvgIpc) is 3.35. The van der Waals surface area contributed by atoms with Crippen LogP contribution in [0.5, 0.6) is 5.75 Å². The molecule has 2 amide bonds. The molecule has 0 radical (unpaired) electrons. The van der Waals surface area contributed by atoms with Gasteiger partial charge in [-0.2, -0.15) is 0 Å². The van der Waals surface area contributed by atoms with Crippen molar-refractivity contribution >= 4 is 29.4 Å². The Bertz CT molecular complexity index is 1230. The van der Waals surface area contributed by atoms with Crippen molar-refractivity contribution in [2.75, 3.05) is 11.9 Å². The number of nitrogens with one attached hydrogen (secondary N) is 2. The van der Waals surface area contributed by atoms with E-state index in [1.54, 1.807) is 0 Å². The van der Waals surface area contributed by atoms with Gasteiger partial charge in [-0.15, -0.1) is 0 Å². The third-order valence-electron chi connectivity index (χ3n) is 9.73. The highest BCUT2D eigenvalue weighted by Gasteiger charge is 2.80. The van der Waals surface area contributed by atoms with Crippen molar-refractivity contribution in [3.63, 3.8) is 0 Å². The molecule has 7 aliphatic rings. The number of fused-ring (bicyclic) bond motifs is 4. The highest BCUT2D eigenvalue weighted by Crippen LogP contribution is 2.67. The molecule has 172 valence electrons. The van der Waals surface area contributed by atoms with E-state index in [0.29, 0.717) is 24.9 Å². The summed E-state index contributed by atoms with van der Waals surface area (Å²) in [5.41, 5.74) is -1.42. The molecule has 6 heterocycles. The van der Waals surface area contributed by atoms with Crippen LogP contribution >= 0.6 is 0 Å². The van der Waals surface area contributed by atoms with Gasteiger partial charge in [0.05, 0.1) is 5.69 Å². The predicted molar refractivity (Wildman–Crippen MR) is 122 cm³/mol. The summed E-state index contributed by atoms with van der Waals surface area (Å²) < 4.78 is 6.15. The second-order valence-electron chi connectivity index (χ2n) is 12.0. The molecule has 7 heteroatoms. The van der Waals surface area contributed by atoms with Gasteiger partial charge < -0.3 is 20.3 Å². The molecule has 8 rings (SSSR count). The summed E-state index contributed by atoms with van der Waals surface area (Å²) in [6.45, 7) is 8.82. The standard InChI is InChI=1S/C26H29N3O4/c1-22(2)10-8-14-16(33-22)7-6-15-18(14)27-26(19(15)30)13-25-17(23(26,3)4)12-24(20(31)28-25)9-5-11-29(24)21(25)32/h6-8,10,17,27H,5,9,11-13H2,1-4H3,(H,28,31)/t17-,24-,25-,26+/m0/s1. The molecular weight excluding hydrogens is 418 g/mol. The molecule has 3 spiro atoms. The number of hydrogen-bond donors (Lipinski definition) is 2. The van der Waals surface area contributed by atoms with Crippen LogP contribution in [0.2, 0.25) is 0 Å². The van der Waals surface area contributed by atoms with Gasteiger partial charge in [0.2, 0.25) is 11.8 Å². The Balaban J connectivity index is 1.38. The number of benzene rings is 1. The van der Waals surface area contributed by atoms with Crippen molar-refractivity contribution < 1.29 is 19.1 Å². The molecule has 5 fully saturated rings. The summed E-state index contributed by atoms with van der Waals surface area (Å²) in [5, 5.41) is 6.80. The normalized spacial score (nSPS) is 40.2. The second kappa shape index (κ2) is 5.29. The van der Waals surface area contributed by atoms with Crippen LogP contribution in [-0.4, -0.2) is 51.3 Å². The Morgan fingerprint density at radius 2 is 1.88 bits per heavy atom. The summed E-state index contributed by atoms with van der Waals surface area (Å²) in [4.78, 5) is 43.1. The van der Waals surface area contributed by atoms with Crippen LogP contribution in [0.3, 0.4) is 0 Å². The van der Waals surface area contributed by atoms with Gasteiger partial charge in [-0.25, -0.2) is 0 Å². The smallest absolute Gasteiger partial charge is 0.249 e. The number of carbonyl (C=O) groups excluding carboxylic acids is 3. The molecule has 2 bridgehead atoms. The fourth-order valence-electron chi connectivity index (χ4n) is 7.99. The van der Waals surface area contributed by atoms with Gasteiger partial charge in [0.25, 0.3) is 0 Å². The first-order chi connectivity index (χ1) is 15.5. The lowest BCUT2D eigenvalue weighted by molar-refractivity contribution is -0.175. The van der Waals surface area contributed by atoms with Gasteiger partial charge >= 0.3 is 0 Å². The second-order valence-corrected chi connectivity index (χ2v) is 12.0. The minimum Gasteiger partial charge on any atom is -0.483 e. The Morgan fingerprint density at radius 1 is 1.09 bits per heavy atom. The monoisotopic (exact) mass is 447 g/mol. The maximum absolute atomic E-state index is 14.1. The van der Waals surface area contributed by atoms with E-state index in [1.165, 1.54) is 0 Å². The number of hydrogen-bond acceptors (Lipinski definition) is 5. The van der Waals surface area contributed by atoms with Crippen molar-refractivity contribution in [1.82, 2.24) is 10.2 Å². The Kier molecular flexibility index (Phi) is 3.14.